The average molecular weight is 604 g/mol. The summed E-state index contributed by atoms with van der Waals surface area (Å²) in [6, 6.07) is 0. The van der Waals surface area contributed by atoms with Crippen LogP contribution in [0.5, 0.6) is 0 Å². The number of hydrogen-bond donors (Lipinski definition) is 1. The molecular formula is C40H77NO2. The van der Waals surface area contributed by atoms with Crippen LogP contribution in [0.15, 0.2) is 0 Å². The highest BCUT2D eigenvalue weighted by molar-refractivity contribution is 5.00. The van der Waals surface area contributed by atoms with Crippen LogP contribution in [0.1, 0.15) is 148 Å². The van der Waals surface area contributed by atoms with Crippen LogP contribution >= 0.6 is 0 Å². The molecule has 3 rings (SSSR count). The van der Waals surface area contributed by atoms with Crippen molar-refractivity contribution in [2.75, 3.05) is 39.5 Å². The summed E-state index contributed by atoms with van der Waals surface area (Å²) in [6.07, 6.45) is 10.3. The molecule has 0 radical (unpaired) electrons. The van der Waals surface area contributed by atoms with E-state index in [0.29, 0.717) is 56.2 Å². The first-order chi connectivity index (χ1) is 19.6. The van der Waals surface area contributed by atoms with Gasteiger partial charge < -0.3 is 14.8 Å². The van der Waals surface area contributed by atoms with E-state index >= 15 is 0 Å². The molecule has 0 aromatic rings. The van der Waals surface area contributed by atoms with Gasteiger partial charge in [0.15, 0.2) is 0 Å². The Kier molecular flexibility index (Phi) is 12.1. The van der Waals surface area contributed by atoms with Crippen LogP contribution in [0, 0.1) is 68.0 Å². The van der Waals surface area contributed by atoms with Gasteiger partial charge in [0.1, 0.15) is 0 Å². The van der Waals surface area contributed by atoms with Gasteiger partial charge in [-0.15, -0.1) is 0 Å². The molecule has 5 atom stereocenters. The lowest BCUT2D eigenvalue weighted by Crippen LogP contribution is -2.46. The van der Waals surface area contributed by atoms with Crippen molar-refractivity contribution in [3.63, 3.8) is 0 Å². The van der Waals surface area contributed by atoms with Crippen molar-refractivity contribution in [3.8, 4) is 0 Å². The summed E-state index contributed by atoms with van der Waals surface area (Å²) in [7, 11) is 0. The molecule has 3 saturated heterocycles. The molecule has 0 amide bonds. The second-order valence-corrected chi connectivity index (χ2v) is 20.4. The van der Waals surface area contributed by atoms with Gasteiger partial charge in [0, 0.05) is 26.4 Å². The molecule has 3 heteroatoms. The van der Waals surface area contributed by atoms with Crippen molar-refractivity contribution in [2.24, 2.45) is 68.0 Å². The molecule has 0 aromatic carbocycles. The van der Waals surface area contributed by atoms with Crippen molar-refractivity contribution in [1.29, 1.82) is 0 Å². The molecule has 2 unspecified atom stereocenters. The zero-order valence-electron chi connectivity index (χ0n) is 31.7. The molecular weight excluding hydrogens is 526 g/mol. The normalized spacial score (nSPS) is 26.1. The molecule has 0 bridgehead atoms. The molecule has 0 aromatic heterocycles. The molecule has 3 heterocycles. The minimum Gasteiger partial charge on any atom is -0.381 e. The average Bonchev–Trinajstić information content (AvgIpc) is 3.55. The maximum Gasteiger partial charge on any atom is 0.0498 e. The Hall–Kier alpha value is -0.120. The van der Waals surface area contributed by atoms with Gasteiger partial charge >= 0.3 is 0 Å². The molecule has 3 aliphatic heterocycles. The maximum absolute atomic E-state index is 5.94. The minimum absolute atomic E-state index is 0.291. The Morgan fingerprint density at radius 2 is 0.884 bits per heavy atom. The minimum atomic E-state index is 0.291. The summed E-state index contributed by atoms with van der Waals surface area (Å²) in [6.45, 7) is 42.1. The number of ether oxygens (including phenoxy) is 2. The zero-order chi connectivity index (χ0) is 32.5. The van der Waals surface area contributed by atoms with Crippen molar-refractivity contribution >= 4 is 0 Å². The predicted molar refractivity (Wildman–Crippen MR) is 186 cm³/mol. The Labute approximate surface area is 270 Å². The highest BCUT2D eigenvalue weighted by Gasteiger charge is 2.50. The van der Waals surface area contributed by atoms with E-state index in [1.54, 1.807) is 0 Å². The van der Waals surface area contributed by atoms with Crippen LogP contribution in [0.4, 0.5) is 0 Å². The van der Waals surface area contributed by atoms with Crippen molar-refractivity contribution < 1.29 is 9.47 Å². The second-order valence-electron chi connectivity index (χ2n) is 20.4. The SMILES string of the molecule is CC(C)(C)[C@@H](C1CCOCC1)C(C)(C)CCC(C)(C)[C@@H](C1CCNC1)C(C)(C)CCC(C)(C)[C@@H](C1CCOC1)C(C)(C)C. The summed E-state index contributed by atoms with van der Waals surface area (Å²) in [5, 5.41) is 3.77. The van der Waals surface area contributed by atoms with Gasteiger partial charge in [-0.1, -0.05) is 96.9 Å². The molecule has 0 saturated carbocycles. The Morgan fingerprint density at radius 1 is 0.488 bits per heavy atom. The van der Waals surface area contributed by atoms with Crippen molar-refractivity contribution in [2.45, 2.75) is 148 Å². The van der Waals surface area contributed by atoms with E-state index in [4.69, 9.17) is 9.47 Å². The number of hydrogen-bond acceptors (Lipinski definition) is 3. The fraction of sp³-hybridized carbons (Fsp3) is 1.00. The third kappa shape index (κ3) is 9.47. The van der Waals surface area contributed by atoms with Gasteiger partial charge in [-0.3, -0.25) is 0 Å². The van der Waals surface area contributed by atoms with E-state index in [0.717, 1.165) is 38.3 Å². The molecule has 0 spiro atoms. The van der Waals surface area contributed by atoms with Crippen LogP contribution in [0.25, 0.3) is 0 Å². The fourth-order valence-corrected chi connectivity index (χ4v) is 12.1. The largest absolute Gasteiger partial charge is 0.381 e. The second kappa shape index (κ2) is 13.9. The third-order valence-corrected chi connectivity index (χ3v) is 12.8. The van der Waals surface area contributed by atoms with Gasteiger partial charge in [0.25, 0.3) is 0 Å². The van der Waals surface area contributed by atoms with E-state index in [1.807, 2.05) is 0 Å². The predicted octanol–water partition coefficient (Wildman–Crippen LogP) is 10.7. The van der Waals surface area contributed by atoms with E-state index in [1.165, 1.54) is 64.5 Å². The first-order valence-electron chi connectivity index (χ1n) is 18.5. The van der Waals surface area contributed by atoms with E-state index in [2.05, 4.69) is 102 Å². The maximum atomic E-state index is 5.94. The molecule has 3 nitrogen and oxygen atoms in total. The first-order valence-corrected chi connectivity index (χ1v) is 18.5. The summed E-state index contributed by atoms with van der Waals surface area (Å²) in [5.41, 5.74) is 1.79. The Balaban J connectivity index is 1.81. The molecule has 0 aliphatic carbocycles. The van der Waals surface area contributed by atoms with E-state index < -0.39 is 0 Å². The molecule has 254 valence electrons. The van der Waals surface area contributed by atoms with Crippen LogP contribution in [0.2, 0.25) is 0 Å². The molecule has 3 fully saturated rings. The van der Waals surface area contributed by atoms with Gasteiger partial charge in [0.2, 0.25) is 0 Å². The van der Waals surface area contributed by atoms with Crippen molar-refractivity contribution in [1.82, 2.24) is 5.32 Å². The Morgan fingerprint density at radius 3 is 1.26 bits per heavy atom. The van der Waals surface area contributed by atoms with Gasteiger partial charge in [-0.05, 0) is 132 Å². The Bertz CT molecular complexity index is 839. The quantitative estimate of drug-likeness (QED) is 0.227. The summed E-state index contributed by atoms with van der Waals surface area (Å²) in [4.78, 5) is 0. The van der Waals surface area contributed by atoms with Gasteiger partial charge in [-0.2, -0.15) is 0 Å². The zero-order valence-corrected chi connectivity index (χ0v) is 31.7. The summed E-state index contributed by atoms with van der Waals surface area (Å²) < 4.78 is 11.8. The third-order valence-electron chi connectivity index (χ3n) is 12.8. The highest BCUT2D eigenvalue weighted by atomic mass is 16.5. The van der Waals surface area contributed by atoms with Crippen LogP contribution in [-0.2, 0) is 9.47 Å². The topological polar surface area (TPSA) is 30.5 Å². The molecule has 43 heavy (non-hydrogen) atoms. The van der Waals surface area contributed by atoms with Gasteiger partial charge in [0.05, 0.1) is 0 Å². The highest BCUT2D eigenvalue weighted by Crippen LogP contribution is 2.57. The number of rotatable bonds is 13. The molecule has 3 aliphatic rings. The molecule has 1 N–H and O–H groups in total. The lowest BCUT2D eigenvalue weighted by molar-refractivity contribution is -0.0499. The van der Waals surface area contributed by atoms with Crippen molar-refractivity contribution in [3.05, 3.63) is 0 Å². The number of nitrogens with one attached hydrogen (secondary N) is 1. The van der Waals surface area contributed by atoms with E-state index in [-0.39, 0.29) is 0 Å². The standard InChI is InChI=1S/C40H77NO2/c1-35(2,3)32(29-16-24-42-25-17-29)37(7,8)19-21-39(11,12)34(30-15-23-41-27-30)40(13,14)22-20-38(9,10)33(36(4,5)6)31-18-26-43-28-31/h29-34,41H,15-28H2,1-14H3/t30?,31?,32-,33+,34-/m1/s1. The smallest absolute Gasteiger partial charge is 0.0498 e. The first kappa shape index (κ1) is 37.3. The van der Waals surface area contributed by atoms with E-state index in [9.17, 15) is 0 Å². The lowest BCUT2D eigenvalue weighted by atomic mass is 9.52. The summed E-state index contributed by atoms with van der Waals surface area (Å²) >= 11 is 0. The van der Waals surface area contributed by atoms with Crippen LogP contribution in [0.3, 0.4) is 0 Å². The lowest BCUT2D eigenvalue weighted by Gasteiger charge is -2.53. The monoisotopic (exact) mass is 604 g/mol. The van der Waals surface area contributed by atoms with Crippen LogP contribution in [-0.4, -0.2) is 39.5 Å². The summed E-state index contributed by atoms with van der Waals surface area (Å²) in [5.74, 6) is 4.35. The van der Waals surface area contributed by atoms with Gasteiger partial charge in [-0.25, -0.2) is 0 Å². The fourth-order valence-electron chi connectivity index (χ4n) is 12.1. The van der Waals surface area contributed by atoms with Crippen LogP contribution < -0.4 is 5.32 Å².